The summed E-state index contributed by atoms with van der Waals surface area (Å²) in [5, 5.41) is -0.139. The van der Waals surface area contributed by atoms with Gasteiger partial charge >= 0.3 is 11.9 Å². The molecule has 1 aliphatic rings. The van der Waals surface area contributed by atoms with Crippen LogP contribution in [-0.4, -0.2) is 35.8 Å². The zero-order valence-corrected chi connectivity index (χ0v) is 12.6. The van der Waals surface area contributed by atoms with Crippen LogP contribution in [0.3, 0.4) is 0 Å². The van der Waals surface area contributed by atoms with Gasteiger partial charge in [0, 0.05) is 19.8 Å². The van der Waals surface area contributed by atoms with Gasteiger partial charge in [0.05, 0.1) is 0 Å². The monoisotopic (exact) mass is 322 g/mol. The Kier molecular flexibility index (Phi) is 5.59. The third-order valence-electron chi connectivity index (χ3n) is 3.19. The number of halogens is 1. The van der Waals surface area contributed by atoms with Gasteiger partial charge in [-0.05, 0) is 5.92 Å². The van der Waals surface area contributed by atoms with Crippen LogP contribution in [0.15, 0.2) is 0 Å². The van der Waals surface area contributed by atoms with E-state index < -0.39 is 12.2 Å². The van der Waals surface area contributed by atoms with Gasteiger partial charge in [-0.25, -0.2) is 0 Å². The van der Waals surface area contributed by atoms with Gasteiger partial charge in [0.15, 0.2) is 0 Å². The van der Waals surface area contributed by atoms with Crippen molar-refractivity contribution in [2.75, 3.05) is 6.61 Å². The van der Waals surface area contributed by atoms with Gasteiger partial charge in [-0.2, -0.15) is 0 Å². The third kappa shape index (κ3) is 3.95. The topological polar surface area (TPSA) is 61.8 Å². The van der Waals surface area contributed by atoms with Gasteiger partial charge in [0.25, 0.3) is 0 Å². The van der Waals surface area contributed by atoms with Crippen molar-refractivity contribution in [3.05, 3.63) is 0 Å². The SMILES string of the molecule is CC(=O)OCC1OC(Br)C(C)C(C)C1OC(C)=O. The van der Waals surface area contributed by atoms with Crippen LogP contribution in [0.25, 0.3) is 0 Å². The fourth-order valence-corrected chi connectivity index (χ4v) is 2.71. The van der Waals surface area contributed by atoms with E-state index in [1.165, 1.54) is 13.8 Å². The van der Waals surface area contributed by atoms with E-state index in [1.807, 2.05) is 13.8 Å². The van der Waals surface area contributed by atoms with E-state index in [9.17, 15) is 9.59 Å². The van der Waals surface area contributed by atoms with Gasteiger partial charge < -0.3 is 14.2 Å². The molecule has 1 fully saturated rings. The molecule has 1 rings (SSSR count). The second-order valence-electron chi connectivity index (χ2n) is 4.62. The fraction of sp³-hybridized carbons (Fsp3) is 0.833. The zero-order valence-electron chi connectivity index (χ0n) is 11.0. The molecule has 5 unspecified atom stereocenters. The first-order valence-electron chi connectivity index (χ1n) is 5.93. The largest absolute Gasteiger partial charge is 0.463 e. The summed E-state index contributed by atoms with van der Waals surface area (Å²) in [5.41, 5.74) is 0. The summed E-state index contributed by atoms with van der Waals surface area (Å²) < 4.78 is 15.9. The molecular formula is C12H19BrO5. The average Bonchev–Trinajstić information content (AvgIpc) is 2.27. The van der Waals surface area contributed by atoms with Crippen molar-refractivity contribution in [3.63, 3.8) is 0 Å². The summed E-state index contributed by atoms with van der Waals surface area (Å²) in [6.45, 7) is 6.80. The van der Waals surface area contributed by atoms with Crippen LogP contribution in [0.5, 0.6) is 0 Å². The molecule has 0 amide bonds. The Morgan fingerprint density at radius 1 is 1.17 bits per heavy atom. The van der Waals surface area contributed by atoms with Gasteiger partial charge in [-0.15, -0.1) is 0 Å². The lowest BCUT2D eigenvalue weighted by molar-refractivity contribution is -0.190. The molecule has 0 aromatic heterocycles. The molecule has 1 heterocycles. The van der Waals surface area contributed by atoms with Crippen LogP contribution in [0.1, 0.15) is 27.7 Å². The normalized spacial score (nSPS) is 35.9. The van der Waals surface area contributed by atoms with Crippen LogP contribution in [0.4, 0.5) is 0 Å². The second kappa shape index (κ2) is 6.52. The molecule has 0 bridgehead atoms. The van der Waals surface area contributed by atoms with E-state index >= 15 is 0 Å². The van der Waals surface area contributed by atoms with Crippen molar-refractivity contribution < 1.29 is 23.8 Å². The number of ether oxygens (including phenoxy) is 3. The molecule has 0 aromatic carbocycles. The minimum absolute atomic E-state index is 0.0897. The Hall–Kier alpha value is -0.620. The minimum atomic E-state index is -0.437. The van der Waals surface area contributed by atoms with Crippen molar-refractivity contribution >= 4 is 27.9 Å². The summed E-state index contributed by atoms with van der Waals surface area (Å²) in [6, 6.07) is 0. The number of carbonyl (C=O) groups is 2. The number of alkyl halides is 1. The molecule has 5 nitrogen and oxygen atoms in total. The van der Waals surface area contributed by atoms with E-state index in [4.69, 9.17) is 14.2 Å². The number of carbonyl (C=O) groups excluding carboxylic acids is 2. The molecule has 0 aliphatic carbocycles. The fourth-order valence-electron chi connectivity index (χ4n) is 1.95. The molecule has 0 N–H and O–H groups in total. The summed E-state index contributed by atoms with van der Waals surface area (Å²) >= 11 is 3.43. The first kappa shape index (κ1) is 15.4. The van der Waals surface area contributed by atoms with Gasteiger partial charge in [0.1, 0.15) is 23.8 Å². The van der Waals surface area contributed by atoms with Gasteiger partial charge in [-0.3, -0.25) is 9.59 Å². The molecule has 5 atom stereocenters. The van der Waals surface area contributed by atoms with E-state index in [2.05, 4.69) is 15.9 Å². The number of rotatable bonds is 3. The Balaban J connectivity index is 2.75. The van der Waals surface area contributed by atoms with E-state index in [0.29, 0.717) is 0 Å². The van der Waals surface area contributed by atoms with E-state index in [1.54, 1.807) is 0 Å². The highest BCUT2D eigenvalue weighted by atomic mass is 79.9. The van der Waals surface area contributed by atoms with Crippen LogP contribution < -0.4 is 0 Å². The molecule has 0 radical (unpaired) electrons. The van der Waals surface area contributed by atoms with Gasteiger partial charge in [0.2, 0.25) is 0 Å². The zero-order chi connectivity index (χ0) is 13.9. The Bertz CT molecular complexity index is 320. The van der Waals surface area contributed by atoms with Crippen LogP contribution in [0, 0.1) is 11.8 Å². The molecule has 1 saturated heterocycles. The highest BCUT2D eigenvalue weighted by Crippen LogP contribution is 2.35. The lowest BCUT2D eigenvalue weighted by Gasteiger charge is -2.41. The first-order chi connectivity index (χ1) is 8.32. The Morgan fingerprint density at radius 2 is 1.78 bits per heavy atom. The van der Waals surface area contributed by atoms with Crippen LogP contribution >= 0.6 is 15.9 Å². The summed E-state index contributed by atoms with van der Waals surface area (Å²) in [5.74, 6) is -0.420. The predicted octanol–water partition coefficient (Wildman–Crippen LogP) is 1.87. The van der Waals surface area contributed by atoms with Crippen molar-refractivity contribution in [2.45, 2.75) is 44.9 Å². The van der Waals surface area contributed by atoms with E-state index in [-0.39, 0.29) is 35.4 Å². The number of esters is 2. The molecule has 6 heteroatoms. The van der Waals surface area contributed by atoms with Crippen molar-refractivity contribution in [1.82, 2.24) is 0 Å². The lowest BCUT2D eigenvalue weighted by Crippen LogP contribution is -2.51. The average molecular weight is 323 g/mol. The highest BCUT2D eigenvalue weighted by Gasteiger charge is 2.42. The van der Waals surface area contributed by atoms with Crippen molar-refractivity contribution in [1.29, 1.82) is 0 Å². The summed E-state index contributed by atoms with van der Waals surface area (Å²) in [7, 11) is 0. The molecule has 0 aromatic rings. The first-order valence-corrected chi connectivity index (χ1v) is 6.84. The maximum Gasteiger partial charge on any atom is 0.303 e. The van der Waals surface area contributed by atoms with Gasteiger partial charge in [-0.1, -0.05) is 29.8 Å². The Morgan fingerprint density at radius 3 is 2.28 bits per heavy atom. The smallest absolute Gasteiger partial charge is 0.303 e. The second-order valence-corrected chi connectivity index (χ2v) is 5.52. The maximum absolute atomic E-state index is 11.1. The molecular weight excluding hydrogens is 304 g/mol. The molecule has 18 heavy (non-hydrogen) atoms. The quantitative estimate of drug-likeness (QED) is 0.586. The third-order valence-corrected chi connectivity index (χ3v) is 4.23. The molecule has 0 saturated carbocycles. The minimum Gasteiger partial charge on any atom is -0.463 e. The lowest BCUT2D eigenvalue weighted by atomic mass is 9.86. The van der Waals surface area contributed by atoms with Crippen molar-refractivity contribution in [2.24, 2.45) is 11.8 Å². The molecule has 0 spiro atoms. The molecule has 1 aliphatic heterocycles. The van der Waals surface area contributed by atoms with Crippen molar-refractivity contribution in [3.8, 4) is 0 Å². The van der Waals surface area contributed by atoms with E-state index in [0.717, 1.165) is 0 Å². The molecule has 104 valence electrons. The number of hydrogen-bond acceptors (Lipinski definition) is 5. The van der Waals surface area contributed by atoms with Crippen LogP contribution in [-0.2, 0) is 23.8 Å². The highest BCUT2D eigenvalue weighted by molar-refractivity contribution is 9.09. The predicted molar refractivity (Wildman–Crippen MR) is 68.1 cm³/mol. The Labute approximate surface area is 115 Å². The summed E-state index contributed by atoms with van der Waals surface area (Å²) in [6.07, 6.45) is -0.834. The number of hydrogen-bond donors (Lipinski definition) is 0. The van der Waals surface area contributed by atoms with Crippen LogP contribution in [0.2, 0.25) is 0 Å². The summed E-state index contributed by atoms with van der Waals surface area (Å²) in [4.78, 5) is 22.0. The maximum atomic E-state index is 11.1. The standard InChI is InChI=1S/C12H19BrO5/c1-6-7(2)12(13)18-10(5-16-8(3)14)11(6)17-9(4)15/h6-7,10-12H,5H2,1-4H3.